The number of rotatable bonds is 2. The van der Waals surface area contributed by atoms with Gasteiger partial charge in [-0.3, -0.25) is 14.7 Å². The highest BCUT2D eigenvalue weighted by atomic mass is 32.2. The summed E-state index contributed by atoms with van der Waals surface area (Å²) in [5.41, 5.74) is 0. The van der Waals surface area contributed by atoms with Gasteiger partial charge in [-0.25, -0.2) is 0 Å². The fourth-order valence-electron chi connectivity index (χ4n) is 0.215. The number of hydrogen-bond donors (Lipinski definition) is 1. The van der Waals surface area contributed by atoms with Crippen molar-refractivity contribution in [3.63, 3.8) is 0 Å². The molecule has 0 aromatic rings. The van der Waals surface area contributed by atoms with Crippen LogP contribution in [-0.2, 0) is 10.1 Å². The van der Waals surface area contributed by atoms with Crippen molar-refractivity contribution < 1.29 is 17.9 Å². The average molecular weight is 167 g/mol. The minimum Gasteiger partial charge on any atom is -0.282 e. The lowest BCUT2D eigenvalue weighted by Gasteiger charge is -1.88. The van der Waals surface area contributed by atoms with E-state index >= 15 is 0 Å². The summed E-state index contributed by atoms with van der Waals surface area (Å²) in [6.45, 7) is 0.929. The third kappa shape index (κ3) is 3.15. The van der Waals surface area contributed by atoms with Crippen molar-refractivity contribution in [2.24, 2.45) is 0 Å². The number of hydrogen-bond acceptors (Lipinski definition) is 4. The summed E-state index contributed by atoms with van der Waals surface area (Å²) in [6, 6.07) is 0. The second-order valence-electron chi connectivity index (χ2n) is 1.50. The number of allylic oxidation sites excluding steroid dienone is 1. The Kier molecular flexibility index (Phi) is 2.49. The zero-order valence-electron chi connectivity index (χ0n) is 5.01. The van der Waals surface area contributed by atoms with Crippen LogP contribution < -0.4 is 0 Å². The molecule has 0 fully saturated rings. The SMILES string of the molecule is CC(=C[N+](=O)[O-])S(=O)(=O)O. The predicted molar refractivity (Wildman–Crippen MR) is 32.3 cm³/mol. The van der Waals surface area contributed by atoms with E-state index in [0.29, 0.717) is 0 Å². The number of nitro groups is 1. The molecule has 0 rings (SSSR count). The highest BCUT2D eigenvalue weighted by Crippen LogP contribution is 2.00. The van der Waals surface area contributed by atoms with Crippen molar-refractivity contribution in [1.82, 2.24) is 0 Å². The summed E-state index contributed by atoms with van der Waals surface area (Å²) >= 11 is 0. The Morgan fingerprint density at radius 2 is 2.10 bits per heavy atom. The van der Waals surface area contributed by atoms with Gasteiger partial charge in [0.15, 0.2) is 0 Å². The maximum Gasteiger partial charge on any atom is 0.296 e. The normalized spacial score (nSPS) is 13.2. The second kappa shape index (κ2) is 2.76. The highest BCUT2D eigenvalue weighted by molar-refractivity contribution is 7.89. The van der Waals surface area contributed by atoms with Crippen molar-refractivity contribution in [3.8, 4) is 0 Å². The minimum atomic E-state index is -4.38. The van der Waals surface area contributed by atoms with Crippen molar-refractivity contribution in [3.05, 3.63) is 21.2 Å². The van der Waals surface area contributed by atoms with E-state index in [1.165, 1.54) is 0 Å². The Bertz CT molecular complexity index is 263. The first-order valence-electron chi connectivity index (χ1n) is 2.13. The smallest absolute Gasteiger partial charge is 0.282 e. The van der Waals surface area contributed by atoms with Crippen LogP contribution in [0.5, 0.6) is 0 Å². The van der Waals surface area contributed by atoms with Crippen molar-refractivity contribution in [1.29, 1.82) is 0 Å². The molecule has 0 saturated carbocycles. The maximum absolute atomic E-state index is 10.0. The van der Waals surface area contributed by atoms with Crippen LogP contribution in [0, 0.1) is 10.1 Å². The zero-order valence-corrected chi connectivity index (χ0v) is 5.83. The maximum atomic E-state index is 10.0. The van der Waals surface area contributed by atoms with Crippen LogP contribution >= 0.6 is 0 Å². The molecule has 0 aromatic carbocycles. The van der Waals surface area contributed by atoms with Gasteiger partial charge in [0.1, 0.15) is 4.91 Å². The van der Waals surface area contributed by atoms with Crippen LogP contribution in [0.15, 0.2) is 11.1 Å². The molecule has 6 nitrogen and oxygen atoms in total. The molecule has 0 spiro atoms. The summed E-state index contributed by atoms with van der Waals surface area (Å²) in [5, 5.41) is 9.61. The molecule has 10 heavy (non-hydrogen) atoms. The van der Waals surface area contributed by atoms with Crippen LogP contribution in [-0.4, -0.2) is 17.9 Å². The van der Waals surface area contributed by atoms with E-state index in [4.69, 9.17) is 4.55 Å². The van der Waals surface area contributed by atoms with Gasteiger partial charge in [0.2, 0.25) is 0 Å². The molecular formula is C3H5NO5S. The van der Waals surface area contributed by atoms with Crippen molar-refractivity contribution in [2.75, 3.05) is 0 Å². The topological polar surface area (TPSA) is 97.5 Å². The minimum absolute atomic E-state index is 0.218. The van der Waals surface area contributed by atoms with Gasteiger partial charge in [-0.15, -0.1) is 0 Å². The summed E-state index contributed by atoms with van der Waals surface area (Å²) < 4.78 is 28.2. The lowest BCUT2D eigenvalue weighted by molar-refractivity contribution is -0.402. The van der Waals surface area contributed by atoms with E-state index in [1.54, 1.807) is 0 Å². The van der Waals surface area contributed by atoms with Gasteiger partial charge in [-0.05, 0) is 6.92 Å². The molecule has 7 heteroatoms. The third-order valence-corrected chi connectivity index (χ3v) is 1.61. The van der Waals surface area contributed by atoms with E-state index in [2.05, 4.69) is 0 Å². The fourth-order valence-corrected chi connectivity index (χ4v) is 0.434. The summed E-state index contributed by atoms with van der Waals surface area (Å²) in [4.78, 5) is 7.97. The van der Waals surface area contributed by atoms with Gasteiger partial charge in [-0.2, -0.15) is 8.42 Å². The predicted octanol–water partition coefficient (Wildman–Crippen LogP) is 0.0122. The molecule has 0 aliphatic carbocycles. The largest absolute Gasteiger partial charge is 0.296 e. The van der Waals surface area contributed by atoms with Crippen LogP contribution in [0.3, 0.4) is 0 Å². The molecule has 0 aliphatic rings. The van der Waals surface area contributed by atoms with Gasteiger partial charge in [0.25, 0.3) is 16.3 Å². The van der Waals surface area contributed by atoms with Gasteiger partial charge < -0.3 is 0 Å². The molecule has 0 aliphatic heterocycles. The molecule has 0 unspecified atom stereocenters. The van der Waals surface area contributed by atoms with E-state index < -0.39 is 19.9 Å². The Labute approximate surface area is 57.1 Å². The Hall–Kier alpha value is -0.950. The summed E-state index contributed by atoms with van der Waals surface area (Å²) in [7, 11) is -4.38. The molecule has 58 valence electrons. The molecule has 0 radical (unpaired) electrons. The molecule has 0 bridgehead atoms. The van der Waals surface area contributed by atoms with Gasteiger partial charge in [-0.1, -0.05) is 0 Å². The highest BCUT2D eigenvalue weighted by Gasteiger charge is 2.11. The molecule has 0 atom stereocenters. The third-order valence-electron chi connectivity index (χ3n) is 0.694. The zero-order chi connectivity index (χ0) is 8.36. The monoisotopic (exact) mass is 167 g/mol. The average Bonchev–Trinajstić information content (AvgIpc) is 1.60. The quantitative estimate of drug-likeness (QED) is 0.355. The van der Waals surface area contributed by atoms with Gasteiger partial charge >= 0.3 is 0 Å². The van der Waals surface area contributed by atoms with Crippen molar-refractivity contribution in [2.45, 2.75) is 6.92 Å². The fraction of sp³-hybridized carbons (Fsp3) is 0.333. The number of nitrogens with zero attached hydrogens (tertiary/aromatic N) is 1. The first kappa shape index (κ1) is 9.05. The Morgan fingerprint density at radius 1 is 1.70 bits per heavy atom. The van der Waals surface area contributed by atoms with E-state index in [1.807, 2.05) is 0 Å². The van der Waals surface area contributed by atoms with Crippen LogP contribution in [0.4, 0.5) is 0 Å². The lowest BCUT2D eigenvalue weighted by atomic mass is 10.7. The molecule has 1 N–H and O–H groups in total. The standard InChI is InChI=1S/C3H5NO5S/c1-3(2-4(5)6)10(7,8)9/h2H,1H3,(H,7,8,9). The van der Waals surface area contributed by atoms with E-state index in [-0.39, 0.29) is 6.20 Å². The van der Waals surface area contributed by atoms with Gasteiger partial charge in [0, 0.05) is 0 Å². The van der Waals surface area contributed by atoms with Gasteiger partial charge in [0.05, 0.1) is 4.92 Å². The van der Waals surface area contributed by atoms with E-state index in [0.717, 1.165) is 6.92 Å². The van der Waals surface area contributed by atoms with Crippen molar-refractivity contribution >= 4 is 10.1 Å². The molecule has 0 amide bonds. The first-order chi connectivity index (χ1) is 4.34. The molecule has 0 saturated heterocycles. The lowest BCUT2D eigenvalue weighted by Crippen LogP contribution is -2.00. The van der Waals surface area contributed by atoms with Crippen LogP contribution in [0.1, 0.15) is 6.92 Å². The molecule has 0 aromatic heterocycles. The Balaban J connectivity index is 4.70. The second-order valence-corrected chi connectivity index (χ2v) is 3.09. The first-order valence-corrected chi connectivity index (χ1v) is 3.57. The van der Waals surface area contributed by atoms with Crippen LogP contribution in [0.2, 0.25) is 0 Å². The molecular weight excluding hydrogens is 162 g/mol. The Morgan fingerprint density at radius 3 is 2.20 bits per heavy atom. The molecule has 0 heterocycles. The summed E-state index contributed by atoms with van der Waals surface area (Å²) in [6.07, 6.45) is 0.218. The summed E-state index contributed by atoms with van der Waals surface area (Å²) in [5.74, 6) is 0. The van der Waals surface area contributed by atoms with E-state index in [9.17, 15) is 18.5 Å². The van der Waals surface area contributed by atoms with Crippen LogP contribution in [0.25, 0.3) is 0 Å².